The van der Waals surface area contributed by atoms with E-state index in [2.05, 4.69) is 32.1 Å². The van der Waals surface area contributed by atoms with E-state index >= 15 is 0 Å². The van der Waals surface area contributed by atoms with E-state index in [0.29, 0.717) is 54.9 Å². The summed E-state index contributed by atoms with van der Waals surface area (Å²) < 4.78 is 40.2. The summed E-state index contributed by atoms with van der Waals surface area (Å²) in [7, 11) is 1.55. The topological polar surface area (TPSA) is 101 Å². The fraction of sp³-hybridized carbons (Fsp3) is 0.345. The van der Waals surface area contributed by atoms with Gasteiger partial charge in [0.2, 0.25) is 5.91 Å². The molecule has 0 saturated carbocycles. The molecule has 10 nitrogen and oxygen atoms in total. The third-order valence-electron chi connectivity index (χ3n) is 6.99. The van der Waals surface area contributed by atoms with Crippen LogP contribution in [0.2, 0.25) is 5.02 Å². The first-order chi connectivity index (χ1) is 20.2. The normalized spacial score (nSPS) is 20.4. The van der Waals surface area contributed by atoms with Gasteiger partial charge in [0.1, 0.15) is 34.6 Å². The van der Waals surface area contributed by atoms with Gasteiger partial charge in [-0.15, -0.1) is 0 Å². The molecular formula is C29H31ClF2N6O4. The zero-order valence-corrected chi connectivity index (χ0v) is 24.1. The molecule has 0 unspecified atom stereocenters. The van der Waals surface area contributed by atoms with Crippen LogP contribution in [0, 0.1) is 11.6 Å². The maximum atomic E-state index is 14.9. The van der Waals surface area contributed by atoms with Gasteiger partial charge in [-0.05, 0) is 32.1 Å². The van der Waals surface area contributed by atoms with Crippen LogP contribution in [-0.4, -0.2) is 54.9 Å². The number of carbonyl (C=O) groups is 1. The fourth-order valence-electron chi connectivity index (χ4n) is 5.21. The Bertz CT molecular complexity index is 1480. The lowest BCUT2D eigenvalue weighted by atomic mass is 10.0. The van der Waals surface area contributed by atoms with E-state index in [-0.39, 0.29) is 23.7 Å². The largest absolute Gasteiger partial charge is 0.494 e. The number of morpholine rings is 1. The molecule has 2 N–H and O–H groups in total. The van der Waals surface area contributed by atoms with Crippen molar-refractivity contribution in [3.8, 4) is 5.75 Å². The molecule has 2 aromatic carbocycles. The lowest BCUT2D eigenvalue weighted by Crippen LogP contribution is -2.45. The van der Waals surface area contributed by atoms with Crippen molar-refractivity contribution < 1.29 is 27.9 Å². The Balaban J connectivity index is 1.46. The minimum atomic E-state index is -0.840. The van der Waals surface area contributed by atoms with Crippen LogP contribution in [0.25, 0.3) is 0 Å². The van der Waals surface area contributed by atoms with Crippen molar-refractivity contribution >= 4 is 46.2 Å². The Morgan fingerprint density at radius 2 is 1.93 bits per heavy atom. The number of hydrogen-bond donors (Lipinski definition) is 2. The number of carbonyl (C=O) groups excluding carboxylic acids is 1. The van der Waals surface area contributed by atoms with Gasteiger partial charge in [-0.25, -0.2) is 23.8 Å². The molecule has 5 rings (SSSR count). The number of rotatable bonds is 8. The van der Waals surface area contributed by atoms with Crippen LogP contribution in [0.1, 0.15) is 31.9 Å². The summed E-state index contributed by atoms with van der Waals surface area (Å²) in [5.74, 6) is -0.802. The smallest absolute Gasteiger partial charge is 0.247 e. The second kappa shape index (κ2) is 12.5. The summed E-state index contributed by atoms with van der Waals surface area (Å²) >= 11 is 5.83. The van der Waals surface area contributed by atoms with Gasteiger partial charge in [-0.3, -0.25) is 9.63 Å². The highest BCUT2D eigenvalue weighted by Crippen LogP contribution is 2.41. The highest BCUT2D eigenvalue weighted by atomic mass is 35.5. The lowest BCUT2D eigenvalue weighted by molar-refractivity contribution is -0.111. The average Bonchev–Trinajstić information content (AvgIpc) is 3.45. The summed E-state index contributed by atoms with van der Waals surface area (Å²) in [5, 5.41) is 7.00. The van der Waals surface area contributed by atoms with Crippen molar-refractivity contribution in [2.24, 2.45) is 0 Å². The van der Waals surface area contributed by atoms with Crippen LogP contribution < -0.4 is 25.3 Å². The number of benzene rings is 2. The van der Waals surface area contributed by atoms with Gasteiger partial charge in [-0.1, -0.05) is 24.2 Å². The van der Waals surface area contributed by atoms with E-state index < -0.39 is 22.7 Å². The predicted octanol–water partition coefficient (Wildman–Crippen LogP) is 5.78. The summed E-state index contributed by atoms with van der Waals surface area (Å²) in [6.07, 6.45) is 2.96. The zero-order chi connectivity index (χ0) is 30.0. The van der Waals surface area contributed by atoms with Crippen molar-refractivity contribution in [2.45, 2.75) is 38.5 Å². The monoisotopic (exact) mass is 600 g/mol. The Labute approximate surface area is 247 Å². The molecule has 3 heterocycles. The molecule has 0 aliphatic carbocycles. The number of halogens is 3. The molecule has 1 aromatic heterocycles. The molecule has 0 radical (unpaired) electrons. The maximum absolute atomic E-state index is 14.9. The molecule has 1 amide bonds. The molecule has 2 aliphatic heterocycles. The third kappa shape index (κ3) is 6.10. The summed E-state index contributed by atoms with van der Waals surface area (Å²) in [6.45, 7) is 9.12. The van der Waals surface area contributed by atoms with E-state index in [0.717, 1.165) is 11.8 Å². The van der Waals surface area contributed by atoms with Gasteiger partial charge in [0.05, 0.1) is 49.0 Å². The van der Waals surface area contributed by atoms with E-state index in [1.807, 2.05) is 19.9 Å². The lowest BCUT2D eigenvalue weighted by Gasteiger charge is -2.38. The molecule has 42 heavy (non-hydrogen) atoms. The summed E-state index contributed by atoms with van der Waals surface area (Å²) in [6, 6.07) is 7.12. The SMILES string of the molecule is C=CC(=O)Nc1cc(Nc2cc(N3OCC[C@@H]3c3ccc(F)c(Cl)c3F)ncn2)c(OC)cc1N1C[C@@H](C)O[C@@H](C)C1. The summed E-state index contributed by atoms with van der Waals surface area (Å²) in [5.41, 5.74) is 2.03. The number of amides is 1. The maximum Gasteiger partial charge on any atom is 0.247 e. The number of hydrogen-bond acceptors (Lipinski definition) is 9. The van der Waals surface area contributed by atoms with Gasteiger partial charge < -0.3 is 25.0 Å². The van der Waals surface area contributed by atoms with Gasteiger partial charge >= 0.3 is 0 Å². The molecule has 222 valence electrons. The summed E-state index contributed by atoms with van der Waals surface area (Å²) in [4.78, 5) is 28.9. The van der Waals surface area contributed by atoms with Crippen molar-refractivity contribution in [3.05, 3.63) is 71.5 Å². The Kier molecular flexibility index (Phi) is 8.76. The van der Waals surface area contributed by atoms with Crippen molar-refractivity contribution in [2.75, 3.05) is 47.4 Å². The van der Waals surface area contributed by atoms with Crippen molar-refractivity contribution in [3.63, 3.8) is 0 Å². The Hall–Kier alpha value is -4.00. The second-order valence-electron chi connectivity index (χ2n) is 10.0. The molecule has 0 bridgehead atoms. The number of methoxy groups -OCH3 is 1. The van der Waals surface area contributed by atoms with Crippen LogP contribution in [0.15, 0.2) is 49.3 Å². The third-order valence-corrected chi connectivity index (χ3v) is 7.34. The number of anilines is 5. The van der Waals surface area contributed by atoms with Crippen LogP contribution in [0.3, 0.4) is 0 Å². The number of hydroxylamine groups is 1. The van der Waals surface area contributed by atoms with Crippen LogP contribution >= 0.6 is 11.6 Å². The number of ether oxygens (including phenoxy) is 2. The quantitative estimate of drug-likeness (QED) is 0.246. The molecule has 2 saturated heterocycles. The Morgan fingerprint density at radius 1 is 1.17 bits per heavy atom. The highest BCUT2D eigenvalue weighted by molar-refractivity contribution is 6.31. The van der Waals surface area contributed by atoms with E-state index in [4.69, 9.17) is 25.9 Å². The molecule has 3 atom stereocenters. The van der Waals surface area contributed by atoms with Crippen LogP contribution in [-0.2, 0) is 14.4 Å². The fourth-order valence-corrected chi connectivity index (χ4v) is 5.38. The second-order valence-corrected chi connectivity index (χ2v) is 10.4. The minimum Gasteiger partial charge on any atom is -0.494 e. The zero-order valence-electron chi connectivity index (χ0n) is 23.4. The van der Waals surface area contributed by atoms with Crippen molar-refractivity contribution in [1.82, 2.24) is 9.97 Å². The first kappa shape index (κ1) is 29.5. The minimum absolute atomic E-state index is 0.00372. The van der Waals surface area contributed by atoms with Crippen LogP contribution in [0.4, 0.5) is 37.5 Å². The molecule has 0 spiro atoms. The Morgan fingerprint density at radius 3 is 2.64 bits per heavy atom. The van der Waals surface area contributed by atoms with Gasteiger partial charge in [0, 0.05) is 37.2 Å². The first-order valence-electron chi connectivity index (χ1n) is 13.4. The number of aromatic nitrogens is 2. The predicted molar refractivity (Wildman–Crippen MR) is 157 cm³/mol. The highest BCUT2D eigenvalue weighted by Gasteiger charge is 2.33. The van der Waals surface area contributed by atoms with Gasteiger partial charge in [0.25, 0.3) is 0 Å². The van der Waals surface area contributed by atoms with Crippen molar-refractivity contribution in [1.29, 1.82) is 0 Å². The molecule has 3 aromatic rings. The van der Waals surface area contributed by atoms with E-state index in [9.17, 15) is 13.6 Å². The number of nitrogens with one attached hydrogen (secondary N) is 2. The van der Waals surface area contributed by atoms with E-state index in [1.165, 1.54) is 23.5 Å². The van der Waals surface area contributed by atoms with Crippen LogP contribution in [0.5, 0.6) is 5.75 Å². The molecule has 13 heteroatoms. The molecule has 2 aliphatic rings. The molecule has 2 fully saturated rings. The van der Waals surface area contributed by atoms with E-state index in [1.54, 1.807) is 19.2 Å². The van der Waals surface area contributed by atoms with Gasteiger partial charge in [0.15, 0.2) is 5.82 Å². The first-order valence-corrected chi connectivity index (χ1v) is 13.8. The number of nitrogens with zero attached hydrogens (tertiary/aromatic N) is 4. The molecular weight excluding hydrogens is 570 g/mol. The standard InChI is InChI=1S/C29H31ClF2N6O4/c1-5-27(39)36-20-10-21(24(40-4)11-23(20)37-13-16(2)42-17(3)14-37)35-25-12-26(34-15-33-25)38-22(8-9-41-38)18-6-7-19(31)28(30)29(18)32/h5-7,10-12,15-17,22H,1,8-9,13-14H2,2-4H3,(H,36,39)(H,33,34,35)/t16-,17+,22-/m1/s1. The van der Waals surface area contributed by atoms with Gasteiger partial charge in [-0.2, -0.15) is 0 Å². The average molecular weight is 601 g/mol.